The van der Waals surface area contributed by atoms with Crippen molar-refractivity contribution in [1.82, 2.24) is 9.78 Å². The maximum atomic E-state index is 13.0. The zero-order valence-corrected chi connectivity index (χ0v) is 17.4. The molecule has 0 bridgehead atoms. The number of carbonyl (C=O) groups excluding carboxylic acids is 1. The van der Waals surface area contributed by atoms with Crippen LogP contribution in [0.1, 0.15) is 68.4 Å². The van der Waals surface area contributed by atoms with Gasteiger partial charge in [-0.15, -0.1) is 0 Å². The third-order valence-electron chi connectivity index (χ3n) is 5.41. The van der Waals surface area contributed by atoms with Crippen molar-refractivity contribution in [2.24, 2.45) is 0 Å². The second-order valence-corrected chi connectivity index (χ2v) is 7.52. The number of benzene rings is 2. The number of fused-ring (bicyclic) bond motifs is 1. The highest BCUT2D eigenvalue weighted by atomic mass is 16.2. The van der Waals surface area contributed by atoms with E-state index in [-0.39, 0.29) is 17.2 Å². The molecule has 0 aliphatic rings. The summed E-state index contributed by atoms with van der Waals surface area (Å²) in [7, 11) is 0. The van der Waals surface area contributed by atoms with Crippen molar-refractivity contribution < 1.29 is 4.79 Å². The molecule has 0 unspecified atom stereocenters. The second kappa shape index (κ2) is 9.50. The van der Waals surface area contributed by atoms with Crippen LogP contribution in [0.3, 0.4) is 0 Å². The molecule has 0 spiro atoms. The quantitative estimate of drug-likeness (QED) is 0.526. The Balaban J connectivity index is 1.92. The smallest absolute Gasteiger partial charge is 0.276 e. The van der Waals surface area contributed by atoms with Crippen LogP contribution in [0.25, 0.3) is 10.8 Å². The van der Waals surface area contributed by atoms with Gasteiger partial charge in [0.05, 0.1) is 5.39 Å². The highest BCUT2D eigenvalue weighted by Crippen LogP contribution is 2.21. The first-order valence-electron chi connectivity index (χ1n) is 10.5. The molecule has 1 amide bonds. The standard InChI is InChI=1S/C24H29N3O2/c1-4-6-9-16-27-24(29)21-11-8-7-10-20(21)22(26-27)23(28)25-19-14-12-18(13-15-19)17(3)5-2/h7-8,10-15,17H,4-6,9,16H2,1-3H3,(H,25,28)/t17-/m1/s1. The zero-order valence-electron chi connectivity index (χ0n) is 17.4. The number of rotatable bonds is 8. The number of hydrogen-bond donors (Lipinski definition) is 1. The van der Waals surface area contributed by atoms with Crippen LogP contribution in [0.2, 0.25) is 0 Å². The van der Waals surface area contributed by atoms with E-state index in [4.69, 9.17) is 0 Å². The average Bonchev–Trinajstić information content (AvgIpc) is 2.75. The molecule has 0 saturated carbocycles. The van der Waals surface area contributed by atoms with E-state index >= 15 is 0 Å². The van der Waals surface area contributed by atoms with Gasteiger partial charge in [0.2, 0.25) is 0 Å². The minimum atomic E-state index is -0.304. The van der Waals surface area contributed by atoms with Gasteiger partial charge < -0.3 is 5.32 Å². The number of nitrogens with zero attached hydrogens (tertiary/aromatic N) is 2. The molecule has 1 aromatic heterocycles. The Kier molecular flexibility index (Phi) is 6.81. The summed E-state index contributed by atoms with van der Waals surface area (Å²) in [5, 5.41) is 8.46. The fourth-order valence-electron chi connectivity index (χ4n) is 3.39. The first-order valence-corrected chi connectivity index (χ1v) is 10.5. The van der Waals surface area contributed by atoms with Crippen LogP contribution in [0.5, 0.6) is 0 Å². The molecule has 29 heavy (non-hydrogen) atoms. The molecule has 152 valence electrons. The van der Waals surface area contributed by atoms with Gasteiger partial charge in [-0.05, 0) is 42.5 Å². The van der Waals surface area contributed by atoms with E-state index in [0.717, 1.165) is 31.4 Å². The summed E-state index contributed by atoms with van der Waals surface area (Å²) in [4.78, 5) is 25.8. The van der Waals surface area contributed by atoms with Gasteiger partial charge in [-0.25, -0.2) is 4.68 Å². The molecule has 0 radical (unpaired) electrons. The molecular weight excluding hydrogens is 362 g/mol. The monoisotopic (exact) mass is 391 g/mol. The Morgan fingerprint density at radius 2 is 1.72 bits per heavy atom. The van der Waals surface area contributed by atoms with Gasteiger partial charge in [0.1, 0.15) is 0 Å². The lowest BCUT2D eigenvalue weighted by molar-refractivity contribution is 0.102. The lowest BCUT2D eigenvalue weighted by atomic mass is 9.98. The SMILES string of the molecule is CCCCCn1nc(C(=O)Nc2ccc([C@H](C)CC)cc2)c2ccccc2c1=O. The van der Waals surface area contributed by atoms with Crippen LogP contribution in [0.15, 0.2) is 53.3 Å². The summed E-state index contributed by atoms with van der Waals surface area (Å²) in [6.45, 7) is 6.97. The molecular formula is C24H29N3O2. The molecule has 0 saturated heterocycles. The van der Waals surface area contributed by atoms with Crippen molar-refractivity contribution in [2.75, 3.05) is 5.32 Å². The Morgan fingerprint density at radius 3 is 2.38 bits per heavy atom. The fourth-order valence-corrected chi connectivity index (χ4v) is 3.39. The Hall–Kier alpha value is -2.95. The maximum absolute atomic E-state index is 13.0. The topological polar surface area (TPSA) is 64.0 Å². The molecule has 1 atom stereocenters. The molecule has 3 rings (SSSR count). The van der Waals surface area contributed by atoms with Crippen LogP contribution in [-0.2, 0) is 6.54 Å². The Bertz CT molecular complexity index is 1040. The van der Waals surface area contributed by atoms with E-state index in [1.807, 2.05) is 36.4 Å². The molecule has 0 aliphatic heterocycles. The lowest BCUT2D eigenvalue weighted by Crippen LogP contribution is -2.27. The number of hydrogen-bond acceptors (Lipinski definition) is 3. The molecule has 5 nitrogen and oxygen atoms in total. The first kappa shape index (κ1) is 20.8. The molecule has 0 aliphatic carbocycles. The predicted octanol–water partition coefficient (Wildman–Crippen LogP) is 5.35. The van der Waals surface area contributed by atoms with E-state index < -0.39 is 0 Å². The summed E-state index contributed by atoms with van der Waals surface area (Å²) >= 11 is 0. The number of carbonyl (C=O) groups is 1. The average molecular weight is 392 g/mol. The molecule has 3 aromatic rings. The van der Waals surface area contributed by atoms with Gasteiger partial charge in [-0.3, -0.25) is 9.59 Å². The van der Waals surface area contributed by atoms with Crippen LogP contribution < -0.4 is 10.9 Å². The summed E-state index contributed by atoms with van der Waals surface area (Å²) < 4.78 is 1.43. The molecule has 2 aromatic carbocycles. The van der Waals surface area contributed by atoms with E-state index in [9.17, 15) is 9.59 Å². The maximum Gasteiger partial charge on any atom is 0.276 e. The zero-order chi connectivity index (χ0) is 20.8. The largest absolute Gasteiger partial charge is 0.321 e. The Labute approximate surface area is 171 Å². The van der Waals surface area contributed by atoms with Crippen molar-refractivity contribution in [2.45, 2.75) is 58.9 Å². The second-order valence-electron chi connectivity index (χ2n) is 7.52. The minimum absolute atomic E-state index is 0.147. The Morgan fingerprint density at radius 1 is 1.03 bits per heavy atom. The van der Waals surface area contributed by atoms with Crippen LogP contribution >= 0.6 is 0 Å². The van der Waals surface area contributed by atoms with E-state index in [1.54, 1.807) is 12.1 Å². The van der Waals surface area contributed by atoms with Crippen LogP contribution in [0.4, 0.5) is 5.69 Å². The normalized spacial score (nSPS) is 12.1. The number of aromatic nitrogens is 2. The summed E-state index contributed by atoms with van der Waals surface area (Å²) in [5.74, 6) is 0.179. The summed E-state index contributed by atoms with van der Waals surface area (Å²) in [5.41, 5.74) is 2.10. The van der Waals surface area contributed by atoms with E-state index in [0.29, 0.717) is 23.2 Å². The predicted molar refractivity (Wildman–Crippen MR) is 119 cm³/mol. The van der Waals surface area contributed by atoms with Gasteiger partial charge in [-0.1, -0.05) is 63.9 Å². The number of nitrogens with one attached hydrogen (secondary N) is 1. The molecule has 1 N–H and O–H groups in total. The highest BCUT2D eigenvalue weighted by Gasteiger charge is 2.17. The van der Waals surface area contributed by atoms with Crippen LogP contribution in [0, 0.1) is 0 Å². The highest BCUT2D eigenvalue weighted by molar-refractivity contribution is 6.11. The molecule has 1 heterocycles. The summed E-state index contributed by atoms with van der Waals surface area (Å²) in [6.07, 6.45) is 4.01. The van der Waals surface area contributed by atoms with E-state index in [1.165, 1.54) is 10.2 Å². The van der Waals surface area contributed by atoms with Gasteiger partial charge in [0.25, 0.3) is 11.5 Å². The van der Waals surface area contributed by atoms with E-state index in [2.05, 4.69) is 31.2 Å². The van der Waals surface area contributed by atoms with Crippen molar-refractivity contribution in [1.29, 1.82) is 0 Å². The van der Waals surface area contributed by atoms with Gasteiger partial charge in [0.15, 0.2) is 5.69 Å². The third-order valence-corrected chi connectivity index (χ3v) is 5.41. The third kappa shape index (κ3) is 4.73. The number of amides is 1. The number of anilines is 1. The van der Waals surface area contributed by atoms with Crippen molar-refractivity contribution >= 4 is 22.4 Å². The van der Waals surface area contributed by atoms with Crippen molar-refractivity contribution in [3.63, 3.8) is 0 Å². The fraction of sp³-hybridized carbons (Fsp3) is 0.375. The van der Waals surface area contributed by atoms with Gasteiger partial charge in [0, 0.05) is 17.6 Å². The van der Waals surface area contributed by atoms with Crippen molar-refractivity contribution in [3.05, 3.63) is 70.1 Å². The van der Waals surface area contributed by atoms with Gasteiger partial charge in [-0.2, -0.15) is 5.10 Å². The molecule has 5 heteroatoms. The van der Waals surface area contributed by atoms with Crippen molar-refractivity contribution in [3.8, 4) is 0 Å². The first-order chi connectivity index (χ1) is 14.0. The number of unbranched alkanes of at least 4 members (excludes halogenated alkanes) is 2. The number of aryl methyl sites for hydroxylation is 1. The minimum Gasteiger partial charge on any atom is -0.321 e. The van der Waals surface area contributed by atoms with Crippen LogP contribution in [-0.4, -0.2) is 15.7 Å². The molecule has 0 fully saturated rings. The van der Waals surface area contributed by atoms with Gasteiger partial charge >= 0.3 is 0 Å². The lowest BCUT2D eigenvalue weighted by Gasteiger charge is -2.12. The summed E-state index contributed by atoms with van der Waals surface area (Å²) in [6, 6.07) is 15.1.